The van der Waals surface area contributed by atoms with Gasteiger partial charge in [-0.05, 0) is 67.9 Å². The molecule has 0 atom stereocenters. The third kappa shape index (κ3) is 11.0. The van der Waals surface area contributed by atoms with Crippen molar-refractivity contribution in [3.05, 3.63) is 59.7 Å². The first-order valence-corrected chi connectivity index (χ1v) is 15.6. The van der Waals surface area contributed by atoms with Crippen LogP contribution in [-0.4, -0.2) is 68.1 Å². The predicted molar refractivity (Wildman–Crippen MR) is 161 cm³/mol. The fourth-order valence-electron chi connectivity index (χ4n) is 5.69. The summed E-state index contributed by atoms with van der Waals surface area (Å²) in [6, 6.07) is 9.34. The standard InChI is InChI=1S/C34H50O8/c1-4-5-6-7-26-10-14-29(15-11-26)30-16-12-27(13-17-30)8-9-28-20-41-34(42-21-28)31(22-39-32(37)24(2)18-35)23-40-33(38)25(3)19-36/h10-11,14-15,27-28,30-31,34-36H,2-9,12-13,16-23H2,1H3. The zero-order valence-corrected chi connectivity index (χ0v) is 25.3. The van der Waals surface area contributed by atoms with Gasteiger partial charge < -0.3 is 29.2 Å². The lowest BCUT2D eigenvalue weighted by atomic mass is 9.76. The van der Waals surface area contributed by atoms with Crippen molar-refractivity contribution >= 4 is 11.9 Å². The van der Waals surface area contributed by atoms with Crippen molar-refractivity contribution in [2.45, 2.75) is 83.3 Å². The summed E-state index contributed by atoms with van der Waals surface area (Å²) in [5.41, 5.74) is 2.79. The molecule has 42 heavy (non-hydrogen) atoms. The van der Waals surface area contributed by atoms with E-state index in [0.29, 0.717) is 19.1 Å². The van der Waals surface area contributed by atoms with Crippen LogP contribution in [0.1, 0.15) is 81.8 Å². The van der Waals surface area contributed by atoms with E-state index in [9.17, 15) is 9.59 Å². The first-order chi connectivity index (χ1) is 20.3. The zero-order chi connectivity index (χ0) is 30.3. The number of aryl methyl sites for hydroxylation is 1. The molecule has 8 heteroatoms. The highest BCUT2D eigenvalue weighted by atomic mass is 16.7. The van der Waals surface area contributed by atoms with Gasteiger partial charge >= 0.3 is 11.9 Å². The van der Waals surface area contributed by atoms with Crippen LogP contribution in [0, 0.1) is 17.8 Å². The molecule has 0 spiro atoms. The molecule has 1 saturated carbocycles. The van der Waals surface area contributed by atoms with Gasteiger partial charge in [0, 0.05) is 5.92 Å². The topological polar surface area (TPSA) is 112 Å². The first kappa shape index (κ1) is 34.0. The lowest BCUT2D eigenvalue weighted by molar-refractivity contribution is -0.237. The number of hydrogen-bond donors (Lipinski definition) is 2. The number of esters is 2. The van der Waals surface area contributed by atoms with Crippen LogP contribution in [0.4, 0.5) is 0 Å². The molecule has 0 bridgehead atoms. The Morgan fingerprint density at radius 3 is 1.93 bits per heavy atom. The van der Waals surface area contributed by atoms with Gasteiger partial charge in [-0.3, -0.25) is 0 Å². The number of aliphatic hydroxyl groups excluding tert-OH is 2. The number of aliphatic hydroxyl groups is 2. The van der Waals surface area contributed by atoms with E-state index in [2.05, 4.69) is 44.3 Å². The predicted octanol–water partition coefficient (Wildman–Crippen LogP) is 5.26. The average Bonchev–Trinajstić information content (AvgIpc) is 3.03. The minimum atomic E-state index is -0.739. The van der Waals surface area contributed by atoms with Gasteiger partial charge in [-0.1, -0.05) is 63.6 Å². The second-order valence-corrected chi connectivity index (χ2v) is 11.9. The van der Waals surface area contributed by atoms with Gasteiger partial charge in [0.25, 0.3) is 0 Å². The molecule has 8 nitrogen and oxygen atoms in total. The van der Waals surface area contributed by atoms with Crippen LogP contribution in [-0.2, 0) is 35.0 Å². The van der Waals surface area contributed by atoms with Crippen molar-refractivity contribution in [2.24, 2.45) is 17.8 Å². The Morgan fingerprint density at radius 1 is 0.857 bits per heavy atom. The Hall–Kier alpha value is -2.52. The van der Waals surface area contributed by atoms with Crippen molar-refractivity contribution in [1.29, 1.82) is 0 Å². The molecule has 1 aromatic rings. The van der Waals surface area contributed by atoms with Crippen LogP contribution in [0.25, 0.3) is 0 Å². The summed E-state index contributed by atoms with van der Waals surface area (Å²) < 4.78 is 22.5. The molecule has 1 aromatic carbocycles. The fraction of sp³-hybridized carbons (Fsp3) is 0.647. The average molecular weight is 587 g/mol. The van der Waals surface area contributed by atoms with Gasteiger partial charge in [0.15, 0.2) is 6.29 Å². The molecule has 234 valence electrons. The third-order valence-electron chi connectivity index (χ3n) is 8.54. The normalized spacial score (nSPS) is 22.5. The molecule has 0 radical (unpaired) electrons. The Balaban J connectivity index is 1.40. The monoisotopic (exact) mass is 586 g/mol. The largest absolute Gasteiger partial charge is 0.462 e. The number of rotatable bonds is 17. The summed E-state index contributed by atoms with van der Waals surface area (Å²) >= 11 is 0. The molecule has 1 heterocycles. The molecule has 2 aliphatic rings. The maximum Gasteiger partial charge on any atom is 0.335 e. The summed E-state index contributed by atoms with van der Waals surface area (Å²) in [6.07, 6.45) is 11.4. The van der Waals surface area contributed by atoms with E-state index in [0.717, 1.165) is 18.8 Å². The van der Waals surface area contributed by atoms with Crippen molar-refractivity contribution < 1.29 is 38.7 Å². The minimum absolute atomic E-state index is 0.0744. The summed E-state index contributed by atoms with van der Waals surface area (Å²) in [5.74, 6) is -0.408. The molecule has 2 N–H and O–H groups in total. The maximum atomic E-state index is 12.0. The van der Waals surface area contributed by atoms with Crippen LogP contribution in [0.2, 0.25) is 0 Å². The van der Waals surface area contributed by atoms with Gasteiger partial charge in [-0.15, -0.1) is 0 Å². The van der Waals surface area contributed by atoms with Gasteiger partial charge in [-0.2, -0.15) is 0 Å². The highest BCUT2D eigenvalue weighted by Gasteiger charge is 2.32. The minimum Gasteiger partial charge on any atom is -0.462 e. The van der Waals surface area contributed by atoms with E-state index in [1.165, 1.54) is 62.5 Å². The summed E-state index contributed by atoms with van der Waals surface area (Å²) in [4.78, 5) is 24.0. The van der Waals surface area contributed by atoms with Gasteiger partial charge in [0.1, 0.15) is 13.2 Å². The van der Waals surface area contributed by atoms with E-state index < -0.39 is 37.4 Å². The summed E-state index contributed by atoms with van der Waals surface area (Å²) in [5, 5.41) is 18.2. The van der Waals surface area contributed by atoms with Crippen LogP contribution in [0.15, 0.2) is 48.6 Å². The van der Waals surface area contributed by atoms with E-state index in [-0.39, 0.29) is 30.3 Å². The Morgan fingerprint density at radius 2 is 1.40 bits per heavy atom. The second-order valence-electron chi connectivity index (χ2n) is 11.9. The fourth-order valence-corrected chi connectivity index (χ4v) is 5.69. The number of carbonyl (C=O) groups is 2. The molecule has 2 fully saturated rings. The second kappa shape index (κ2) is 18.2. The molecule has 0 aromatic heterocycles. The van der Waals surface area contributed by atoms with Crippen molar-refractivity contribution in [2.75, 3.05) is 39.6 Å². The molecule has 1 aliphatic heterocycles. The number of benzene rings is 1. The SMILES string of the molecule is C=C(CO)C(=O)OCC(COC(=O)C(=C)CO)C1OCC(CCC2CCC(c3ccc(CCCCC)cc3)CC2)CO1. The third-order valence-corrected chi connectivity index (χ3v) is 8.54. The Bertz CT molecular complexity index is 955. The number of hydrogen-bond acceptors (Lipinski definition) is 8. The van der Waals surface area contributed by atoms with E-state index in [1.54, 1.807) is 0 Å². The van der Waals surface area contributed by atoms with E-state index >= 15 is 0 Å². The smallest absolute Gasteiger partial charge is 0.335 e. The van der Waals surface area contributed by atoms with Crippen LogP contribution in [0.3, 0.4) is 0 Å². The quantitative estimate of drug-likeness (QED) is 0.144. The maximum absolute atomic E-state index is 12.0. The zero-order valence-electron chi connectivity index (χ0n) is 25.3. The molecule has 0 unspecified atom stereocenters. The van der Waals surface area contributed by atoms with Crippen LogP contribution in [0.5, 0.6) is 0 Å². The molecule has 1 aliphatic carbocycles. The van der Waals surface area contributed by atoms with Gasteiger partial charge in [-0.25, -0.2) is 9.59 Å². The van der Waals surface area contributed by atoms with E-state index in [1.807, 2.05) is 0 Å². The summed E-state index contributed by atoms with van der Waals surface area (Å²) in [7, 11) is 0. The highest BCUT2D eigenvalue weighted by Crippen LogP contribution is 2.38. The Kier molecular flexibility index (Phi) is 14.7. The molecule has 1 saturated heterocycles. The molecule has 0 amide bonds. The van der Waals surface area contributed by atoms with Gasteiger partial charge in [0.05, 0.1) is 43.5 Å². The number of ether oxygens (including phenoxy) is 4. The van der Waals surface area contributed by atoms with Crippen molar-refractivity contribution in [3.8, 4) is 0 Å². The lowest BCUT2D eigenvalue weighted by Gasteiger charge is -2.35. The number of unbranched alkanes of at least 4 members (excludes halogenated alkanes) is 2. The first-order valence-electron chi connectivity index (χ1n) is 15.6. The number of carbonyl (C=O) groups excluding carboxylic acids is 2. The highest BCUT2D eigenvalue weighted by molar-refractivity contribution is 5.88. The lowest BCUT2D eigenvalue weighted by Crippen LogP contribution is -2.41. The Labute approximate surface area is 251 Å². The van der Waals surface area contributed by atoms with Crippen molar-refractivity contribution in [1.82, 2.24) is 0 Å². The summed E-state index contributed by atoms with van der Waals surface area (Å²) in [6.45, 7) is 8.88. The van der Waals surface area contributed by atoms with Crippen LogP contribution >= 0.6 is 0 Å². The van der Waals surface area contributed by atoms with Gasteiger partial charge in [0.2, 0.25) is 0 Å². The molecule has 3 rings (SSSR count). The van der Waals surface area contributed by atoms with E-state index in [4.69, 9.17) is 29.2 Å². The molecular weight excluding hydrogens is 536 g/mol. The van der Waals surface area contributed by atoms with Crippen molar-refractivity contribution in [3.63, 3.8) is 0 Å². The molecular formula is C34H50O8. The van der Waals surface area contributed by atoms with Crippen LogP contribution < -0.4 is 0 Å².